The molecule has 3 aromatic rings. The van der Waals surface area contributed by atoms with Crippen molar-refractivity contribution in [2.45, 2.75) is 0 Å². The van der Waals surface area contributed by atoms with Gasteiger partial charge in [-0.3, -0.25) is 4.98 Å². The fraction of sp³-hybridized carbons (Fsp3) is 0. The molecule has 0 unspecified atom stereocenters. The van der Waals surface area contributed by atoms with Gasteiger partial charge in [-0.1, -0.05) is 15.9 Å². The summed E-state index contributed by atoms with van der Waals surface area (Å²) in [7, 11) is 0. The van der Waals surface area contributed by atoms with Gasteiger partial charge in [-0.2, -0.15) is 5.26 Å². The predicted octanol–water partition coefficient (Wildman–Crippen LogP) is 4.19. The van der Waals surface area contributed by atoms with Crippen LogP contribution in [0.15, 0.2) is 53.1 Å². The quantitative estimate of drug-likeness (QED) is 0.687. The summed E-state index contributed by atoms with van der Waals surface area (Å²) in [5.41, 5.74) is 9.48. The molecule has 3 rings (SSSR count). The average Bonchev–Trinajstić information content (AvgIpc) is 2.47. The topological polar surface area (TPSA) is 74.7 Å². The number of hydrogen-bond acceptors (Lipinski definition) is 4. The summed E-state index contributed by atoms with van der Waals surface area (Å²) in [6.45, 7) is 0. The highest BCUT2D eigenvalue weighted by Crippen LogP contribution is 2.29. The van der Waals surface area contributed by atoms with E-state index in [0.717, 1.165) is 26.8 Å². The summed E-state index contributed by atoms with van der Waals surface area (Å²) in [6.07, 6.45) is 1.72. The zero-order chi connectivity index (χ0) is 14.8. The van der Waals surface area contributed by atoms with E-state index in [4.69, 9.17) is 5.73 Å². The van der Waals surface area contributed by atoms with Crippen LogP contribution in [0.1, 0.15) is 5.56 Å². The molecular formula is C16H11BrN4. The van der Waals surface area contributed by atoms with Crippen molar-refractivity contribution in [2.75, 3.05) is 11.1 Å². The zero-order valence-electron chi connectivity index (χ0n) is 11.0. The van der Waals surface area contributed by atoms with Gasteiger partial charge in [0.25, 0.3) is 0 Å². The van der Waals surface area contributed by atoms with Gasteiger partial charge in [-0.25, -0.2) is 0 Å². The van der Waals surface area contributed by atoms with Gasteiger partial charge in [0, 0.05) is 27.4 Å². The van der Waals surface area contributed by atoms with Crippen LogP contribution in [0.3, 0.4) is 0 Å². The predicted molar refractivity (Wildman–Crippen MR) is 88.3 cm³/mol. The Morgan fingerprint density at radius 1 is 1.10 bits per heavy atom. The van der Waals surface area contributed by atoms with Gasteiger partial charge >= 0.3 is 0 Å². The minimum absolute atomic E-state index is 0.582. The number of halogens is 1. The van der Waals surface area contributed by atoms with Gasteiger partial charge in [0.05, 0.1) is 16.8 Å². The molecule has 5 heteroatoms. The highest BCUT2D eigenvalue weighted by molar-refractivity contribution is 9.10. The molecule has 102 valence electrons. The number of benzene rings is 2. The number of fused-ring (bicyclic) bond motifs is 1. The molecule has 0 amide bonds. The molecule has 0 fully saturated rings. The van der Waals surface area contributed by atoms with Gasteiger partial charge in [0.15, 0.2) is 0 Å². The maximum Gasteiger partial charge on any atom is 0.101 e. The van der Waals surface area contributed by atoms with Gasteiger partial charge in [0.2, 0.25) is 0 Å². The van der Waals surface area contributed by atoms with E-state index < -0.39 is 0 Å². The first-order chi connectivity index (χ1) is 10.2. The lowest BCUT2D eigenvalue weighted by atomic mass is 10.1. The number of nitrogens with one attached hydrogen (secondary N) is 1. The van der Waals surface area contributed by atoms with Crippen LogP contribution in [0.25, 0.3) is 10.9 Å². The van der Waals surface area contributed by atoms with Crippen LogP contribution in [0.2, 0.25) is 0 Å². The van der Waals surface area contributed by atoms with Crippen LogP contribution < -0.4 is 11.1 Å². The van der Waals surface area contributed by atoms with Crippen molar-refractivity contribution < 1.29 is 0 Å². The number of nitriles is 1. The lowest BCUT2D eigenvalue weighted by Crippen LogP contribution is -1.96. The summed E-state index contributed by atoms with van der Waals surface area (Å²) in [6, 6.07) is 15.1. The Hall–Kier alpha value is -2.58. The van der Waals surface area contributed by atoms with E-state index in [-0.39, 0.29) is 0 Å². The van der Waals surface area contributed by atoms with E-state index >= 15 is 0 Å². The molecule has 0 aliphatic heterocycles. The molecule has 0 saturated carbocycles. The first-order valence-corrected chi connectivity index (χ1v) is 7.07. The summed E-state index contributed by atoms with van der Waals surface area (Å²) < 4.78 is 0.909. The fourth-order valence-electron chi connectivity index (χ4n) is 2.14. The molecule has 0 spiro atoms. The van der Waals surface area contributed by atoms with E-state index in [1.807, 2.05) is 36.4 Å². The van der Waals surface area contributed by atoms with E-state index in [2.05, 4.69) is 32.3 Å². The van der Waals surface area contributed by atoms with Crippen LogP contribution >= 0.6 is 15.9 Å². The minimum Gasteiger partial charge on any atom is -0.399 e. The van der Waals surface area contributed by atoms with Crippen LogP contribution in [0.4, 0.5) is 17.1 Å². The molecule has 3 N–H and O–H groups in total. The summed E-state index contributed by atoms with van der Waals surface area (Å²) in [5.74, 6) is 0. The van der Waals surface area contributed by atoms with Crippen molar-refractivity contribution in [3.63, 3.8) is 0 Å². The van der Waals surface area contributed by atoms with E-state index in [1.165, 1.54) is 0 Å². The summed E-state index contributed by atoms with van der Waals surface area (Å²) in [5, 5.41) is 13.5. The molecule has 2 aromatic carbocycles. The van der Waals surface area contributed by atoms with E-state index in [9.17, 15) is 5.26 Å². The molecule has 1 heterocycles. The number of anilines is 3. The van der Waals surface area contributed by atoms with Crippen molar-refractivity contribution in [2.24, 2.45) is 0 Å². The van der Waals surface area contributed by atoms with Gasteiger partial charge in [0.1, 0.15) is 6.07 Å². The van der Waals surface area contributed by atoms with E-state index in [0.29, 0.717) is 11.3 Å². The number of pyridine rings is 1. The van der Waals surface area contributed by atoms with Crippen LogP contribution in [-0.4, -0.2) is 4.98 Å². The standard InChI is InChI=1S/C16H11BrN4/c17-11-2-1-10(9-18)15(7-11)21-14-5-6-20-16-8-12(19)3-4-13(14)16/h1-8H,19H2,(H,20,21). The molecule has 0 aliphatic rings. The molecule has 0 aliphatic carbocycles. The summed E-state index contributed by atoms with van der Waals surface area (Å²) in [4.78, 5) is 4.31. The Morgan fingerprint density at radius 3 is 2.76 bits per heavy atom. The molecule has 21 heavy (non-hydrogen) atoms. The monoisotopic (exact) mass is 338 g/mol. The number of nitrogens with two attached hydrogens (primary N) is 1. The maximum absolute atomic E-state index is 9.20. The second kappa shape index (κ2) is 5.43. The third-order valence-corrected chi connectivity index (χ3v) is 3.63. The Kier molecular flexibility index (Phi) is 3.46. The van der Waals surface area contributed by atoms with Gasteiger partial charge < -0.3 is 11.1 Å². The van der Waals surface area contributed by atoms with Crippen molar-refractivity contribution in [1.29, 1.82) is 5.26 Å². The maximum atomic E-state index is 9.20. The van der Waals surface area contributed by atoms with Gasteiger partial charge in [-0.15, -0.1) is 0 Å². The minimum atomic E-state index is 0.582. The van der Waals surface area contributed by atoms with Crippen molar-refractivity contribution >= 4 is 43.9 Å². The van der Waals surface area contributed by atoms with Crippen molar-refractivity contribution in [3.05, 3.63) is 58.7 Å². The summed E-state index contributed by atoms with van der Waals surface area (Å²) >= 11 is 3.42. The lowest BCUT2D eigenvalue weighted by Gasteiger charge is -2.11. The van der Waals surface area contributed by atoms with E-state index in [1.54, 1.807) is 12.3 Å². The van der Waals surface area contributed by atoms with Crippen LogP contribution in [-0.2, 0) is 0 Å². The number of hydrogen-bond donors (Lipinski definition) is 2. The smallest absolute Gasteiger partial charge is 0.101 e. The Morgan fingerprint density at radius 2 is 1.95 bits per heavy atom. The fourth-order valence-corrected chi connectivity index (χ4v) is 2.50. The average molecular weight is 339 g/mol. The Bertz CT molecular complexity index is 868. The molecule has 0 bridgehead atoms. The Balaban J connectivity index is 2.11. The second-order valence-electron chi connectivity index (χ2n) is 4.56. The molecule has 1 aromatic heterocycles. The molecular weight excluding hydrogens is 328 g/mol. The zero-order valence-corrected chi connectivity index (χ0v) is 12.6. The normalized spacial score (nSPS) is 10.3. The van der Waals surface area contributed by atoms with Crippen LogP contribution in [0.5, 0.6) is 0 Å². The first kappa shape index (κ1) is 13.4. The first-order valence-electron chi connectivity index (χ1n) is 6.28. The van der Waals surface area contributed by atoms with Crippen LogP contribution in [0, 0.1) is 11.3 Å². The molecule has 0 radical (unpaired) electrons. The highest BCUT2D eigenvalue weighted by atomic mass is 79.9. The molecule has 0 atom stereocenters. The third-order valence-electron chi connectivity index (χ3n) is 3.14. The largest absolute Gasteiger partial charge is 0.399 e. The van der Waals surface area contributed by atoms with Gasteiger partial charge in [-0.05, 0) is 42.5 Å². The molecule has 0 saturated heterocycles. The highest BCUT2D eigenvalue weighted by Gasteiger charge is 2.07. The molecule has 4 nitrogen and oxygen atoms in total. The number of rotatable bonds is 2. The second-order valence-corrected chi connectivity index (χ2v) is 5.48. The number of nitrogen functional groups attached to an aromatic ring is 1. The SMILES string of the molecule is N#Cc1ccc(Br)cc1Nc1ccnc2cc(N)ccc12. The lowest BCUT2D eigenvalue weighted by molar-refractivity contribution is 1.40. The number of nitrogens with zero attached hydrogens (tertiary/aromatic N) is 2. The Labute approximate surface area is 130 Å². The third kappa shape index (κ3) is 2.67. The van der Waals surface area contributed by atoms with Crippen molar-refractivity contribution in [1.82, 2.24) is 4.98 Å². The number of aromatic nitrogens is 1. The van der Waals surface area contributed by atoms with Crippen molar-refractivity contribution in [3.8, 4) is 6.07 Å².